The number of hydrogen-bond donors (Lipinski definition) is 2. The van der Waals surface area contributed by atoms with Crippen molar-refractivity contribution in [3.8, 4) is 0 Å². The van der Waals surface area contributed by atoms with Crippen LogP contribution in [-0.4, -0.2) is 41.9 Å². The Balaban J connectivity index is 2.51. The van der Waals surface area contributed by atoms with E-state index >= 15 is 0 Å². The minimum absolute atomic E-state index is 0.0525. The van der Waals surface area contributed by atoms with Crippen LogP contribution in [0.3, 0.4) is 0 Å². The molecule has 1 rings (SSSR count). The van der Waals surface area contributed by atoms with Gasteiger partial charge >= 0.3 is 0 Å². The van der Waals surface area contributed by atoms with Crippen molar-refractivity contribution >= 4 is 15.7 Å². The lowest BCUT2D eigenvalue weighted by molar-refractivity contribution is 0.0736. The maximum absolute atomic E-state index is 13.1. The molecule has 0 amide bonds. The van der Waals surface area contributed by atoms with Crippen LogP contribution in [0.1, 0.15) is 0 Å². The number of rotatable bonds is 8. The first-order valence-electron chi connectivity index (χ1n) is 5.58. The molecule has 0 aliphatic rings. The molecule has 1 aromatic carbocycles. The van der Waals surface area contributed by atoms with Gasteiger partial charge in [0.25, 0.3) is 0 Å². The third-order valence-corrected chi connectivity index (χ3v) is 3.61. The first-order valence-corrected chi connectivity index (χ1v) is 7.06. The first-order chi connectivity index (χ1) is 8.95. The Hall–Kier alpha value is -1.22. The van der Waals surface area contributed by atoms with Gasteiger partial charge in [0.15, 0.2) is 0 Å². The van der Waals surface area contributed by atoms with Crippen LogP contribution < -0.4 is 10.5 Å². The monoisotopic (exact) mass is 292 g/mol. The fraction of sp³-hybridized carbons (Fsp3) is 0.455. The summed E-state index contributed by atoms with van der Waals surface area (Å²) in [4.78, 5) is -0.207. The summed E-state index contributed by atoms with van der Waals surface area (Å²) in [7, 11) is -2.24. The Morgan fingerprint density at radius 3 is 2.63 bits per heavy atom. The molecule has 0 fully saturated rings. The molecule has 0 saturated carbocycles. The molecular formula is C11H17FN2O4S. The molecule has 8 heteroatoms. The van der Waals surface area contributed by atoms with Crippen molar-refractivity contribution in [3.05, 3.63) is 24.0 Å². The highest BCUT2D eigenvalue weighted by atomic mass is 32.2. The number of nitrogens with one attached hydrogen (secondary N) is 1. The highest BCUT2D eigenvalue weighted by Gasteiger charge is 2.15. The van der Waals surface area contributed by atoms with E-state index in [0.717, 1.165) is 12.1 Å². The summed E-state index contributed by atoms with van der Waals surface area (Å²) in [6.45, 7) is 1.11. The lowest BCUT2D eigenvalue weighted by Gasteiger charge is -2.08. The summed E-state index contributed by atoms with van der Waals surface area (Å²) in [5.41, 5.74) is 5.45. The standard InChI is InChI=1S/C11H17FN2O4S/c1-17-4-5-18-3-2-14-19(15,16)11-7-9(12)6-10(13)8-11/h6-8,14H,2-5,13H2,1H3. The Morgan fingerprint density at radius 2 is 2.00 bits per heavy atom. The van der Waals surface area contributed by atoms with Gasteiger partial charge in [-0.2, -0.15) is 0 Å². The molecule has 0 atom stereocenters. The highest BCUT2D eigenvalue weighted by Crippen LogP contribution is 2.15. The van der Waals surface area contributed by atoms with E-state index in [-0.39, 0.29) is 23.7 Å². The Bertz CT molecular complexity index is 487. The van der Waals surface area contributed by atoms with Gasteiger partial charge < -0.3 is 15.2 Å². The van der Waals surface area contributed by atoms with Gasteiger partial charge in [0.2, 0.25) is 10.0 Å². The molecule has 0 heterocycles. The van der Waals surface area contributed by atoms with Crippen LogP contribution in [-0.2, 0) is 19.5 Å². The summed E-state index contributed by atoms with van der Waals surface area (Å²) in [6.07, 6.45) is 0. The van der Waals surface area contributed by atoms with Crippen LogP contribution in [0.25, 0.3) is 0 Å². The van der Waals surface area contributed by atoms with Crippen LogP contribution in [0.2, 0.25) is 0 Å². The first kappa shape index (κ1) is 15.8. The average Bonchev–Trinajstić information content (AvgIpc) is 2.32. The van der Waals surface area contributed by atoms with Crippen molar-refractivity contribution < 1.29 is 22.3 Å². The van der Waals surface area contributed by atoms with Gasteiger partial charge in [0, 0.05) is 19.3 Å². The lowest BCUT2D eigenvalue weighted by Crippen LogP contribution is -2.28. The van der Waals surface area contributed by atoms with Crippen LogP contribution >= 0.6 is 0 Å². The molecule has 0 spiro atoms. The molecule has 0 saturated heterocycles. The molecule has 19 heavy (non-hydrogen) atoms. The normalized spacial score (nSPS) is 11.7. The zero-order valence-corrected chi connectivity index (χ0v) is 11.4. The van der Waals surface area contributed by atoms with E-state index in [0.29, 0.717) is 13.2 Å². The van der Waals surface area contributed by atoms with E-state index in [1.807, 2.05) is 0 Å². The number of methoxy groups -OCH3 is 1. The number of nitrogen functional groups attached to an aromatic ring is 1. The molecule has 108 valence electrons. The summed E-state index contributed by atoms with van der Waals surface area (Å²) < 4.78 is 48.9. The van der Waals surface area contributed by atoms with Gasteiger partial charge in [-0.1, -0.05) is 0 Å². The largest absolute Gasteiger partial charge is 0.399 e. The number of anilines is 1. The zero-order valence-electron chi connectivity index (χ0n) is 10.6. The smallest absolute Gasteiger partial charge is 0.240 e. The number of ether oxygens (including phenoxy) is 2. The summed E-state index contributed by atoms with van der Waals surface area (Å²) >= 11 is 0. The third kappa shape index (κ3) is 5.52. The number of halogens is 1. The third-order valence-electron chi connectivity index (χ3n) is 2.17. The number of nitrogens with two attached hydrogens (primary N) is 1. The molecule has 0 aliphatic heterocycles. The molecule has 0 aliphatic carbocycles. The second-order valence-corrected chi connectivity index (χ2v) is 5.49. The molecule has 6 nitrogen and oxygen atoms in total. The van der Waals surface area contributed by atoms with Gasteiger partial charge in [-0.05, 0) is 18.2 Å². The molecule has 0 unspecified atom stereocenters. The van der Waals surface area contributed by atoms with Gasteiger partial charge in [0.05, 0.1) is 24.7 Å². The SMILES string of the molecule is COCCOCCNS(=O)(=O)c1cc(N)cc(F)c1. The second-order valence-electron chi connectivity index (χ2n) is 3.72. The van der Waals surface area contributed by atoms with Crippen molar-refractivity contribution in [1.29, 1.82) is 0 Å². The molecular weight excluding hydrogens is 275 g/mol. The van der Waals surface area contributed by atoms with Gasteiger partial charge in [-0.3, -0.25) is 0 Å². The molecule has 3 N–H and O–H groups in total. The van der Waals surface area contributed by atoms with Crippen LogP contribution in [0.5, 0.6) is 0 Å². The van der Waals surface area contributed by atoms with E-state index in [4.69, 9.17) is 15.2 Å². The fourth-order valence-electron chi connectivity index (χ4n) is 1.32. The predicted molar refractivity (Wildman–Crippen MR) is 68.7 cm³/mol. The second kappa shape index (κ2) is 7.39. The summed E-state index contributed by atoms with van der Waals surface area (Å²) in [5.74, 6) is -0.697. The lowest BCUT2D eigenvalue weighted by atomic mass is 10.3. The van der Waals surface area contributed by atoms with E-state index in [9.17, 15) is 12.8 Å². The van der Waals surface area contributed by atoms with E-state index in [2.05, 4.69) is 4.72 Å². The van der Waals surface area contributed by atoms with E-state index in [1.54, 1.807) is 7.11 Å². The van der Waals surface area contributed by atoms with Gasteiger partial charge in [-0.15, -0.1) is 0 Å². The molecule has 1 aromatic rings. The fourth-order valence-corrected chi connectivity index (χ4v) is 2.39. The van der Waals surface area contributed by atoms with E-state index < -0.39 is 15.8 Å². The van der Waals surface area contributed by atoms with Crippen LogP contribution in [0, 0.1) is 5.82 Å². The number of sulfonamides is 1. The molecule has 0 bridgehead atoms. The van der Waals surface area contributed by atoms with Crippen LogP contribution in [0.15, 0.2) is 23.1 Å². The maximum Gasteiger partial charge on any atom is 0.240 e. The summed E-state index contributed by atoms with van der Waals surface area (Å²) in [5, 5.41) is 0. The minimum Gasteiger partial charge on any atom is -0.399 e. The summed E-state index contributed by atoms with van der Waals surface area (Å²) in [6, 6.07) is 3.15. The van der Waals surface area contributed by atoms with Crippen molar-refractivity contribution in [2.24, 2.45) is 0 Å². The number of hydrogen-bond acceptors (Lipinski definition) is 5. The van der Waals surface area contributed by atoms with Crippen molar-refractivity contribution in [2.45, 2.75) is 4.90 Å². The Kier molecular flexibility index (Phi) is 6.16. The van der Waals surface area contributed by atoms with Gasteiger partial charge in [-0.25, -0.2) is 17.5 Å². The zero-order chi connectivity index (χ0) is 14.3. The van der Waals surface area contributed by atoms with Crippen molar-refractivity contribution in [1.82, 2.24) is 4.72 Å². The van der Waals surface area contributed by atoms with E-state index in [1.165, 1.54) is 6.07 Å². The predicted octanol–water partition coefficient (Wildman–Crippen LogP) is 0.349. The van der Waals surface area contributed by atoms with Crippen molar-refractivity contribution in [2.75, 3.05) is 39.2 Å². The number of benzene rings is 1. The molecule has 0 radical (unpaired) electrons. The van der Waals surface area contributed by atoms with Crippen LogP contribution in [0.4, 0.5) is 10.1 Å². The quantitative estimate of drug-likeness (QED) is 0.533. The topological polar surface area (TPSA) is 90.6 Å². The highest BCUT2D eigenvalue weighted by molar-refractivity contribution is 7.89. The maximum atomic E-state index is 13.1. The average molecular weight is 292 g/mol. The Morgan fingerprint density at radius 1 is 1.26 bits per heavy atom. The van der Waals surface area contributed by atoms with Crippen molar-refractivity contribution in [3.63, 3.8) is 0 Å². The van der Waals surface area contributed by atoms with Gasteiger partial charge in [0.1, 0.15) is 5.82 Å². The molecule has 0 aromatic heterocycles. The minimum atomic E-state index is -3.78. The Labute approximate surface area is 111 Å².